The Morgan fingerprint density at radius 3 is 1.54 bits per heavy atom. The van der Waals surface area contributed by atoms with Crippen LogP contribution in [0, 0.1) is 0 Å². The molecule has 8 aromatic rings. The molecule has 1 aliphatic rings. The highest BCUT2D eigenvalue weighted by Gasteiger charge is 2.37. The molecular formula is C68H64. The molecule has 0 nitrogen and oxygen atoms in total. The summed E-state index contributed by atoms with van der Waals surface area (Å²) in [5.74, 6) is 0.387. The molecule has 1 unspecified atom stereocenters. The zero-order chi connectivity index (χ0) is 47.2. The lowest BCUT2D eigenvalue weighted by molar-refractivity contribution is 0.728. The third-order valence-electron chi connectivity index (χ3n) is 14.8. The van der Waals surface area contributed by atoms with E-state index in [1.807, 2.05) is 0 Å². The Morgan fingerprint density at radius 2 is 0.985 bits per heavy atom. The van der Waals surface area contributed by atoms with Gasteiger partial charge in [-0.25, -0.2) is 0 Å². The van der Waals surface area contributed by atoms with Gasteiger partial charge in [-0.1, -0.05) is 250 Å². The predicted octanol–water partition coefficient (Wildman–Crippen LogP) is 19.0. The Hall–Kier alpha value is -7.28. The highest BCUT2D eigenvalue weighted by atomic mass is 14.4. The Bertz CT molecular complexity index is 3080. The van der Waals surface area contributed by atoms with Gasteiger partial charge in [-0.15, -0.1) is 0 Å². The normalized spacial score (nSPS) is 14.1. The lowest BCUT2D eigenvalue weighted by atomic mass is 9.65. The molecule has 0 bridgehead atoms. The minimum atomic E-state index is -0.452. The molecule has 0 N–H and O–H groups in total. The quantitative estimate of drug-likeness (QED) is 0.0547. The van der Waals surface area contributed by atoms with Crippen molar-refractivity contribution in [2.45, 2.75) is 78.6 Å². The van der Waals surface area contributed by atoms with Gasteiger partial charge in [0.15, 0.2) is 0 Å². The van der Waals surface area contributed by atoms with Crippen LogP contribution >= 0.6 is 0 Å². The summed E-state index contributed by atoms with van der Waals surface area (Å²) in [6.45, 7) is 18.4. The standard InChI is InChI=1S/C68H64/c1-8-9-28-61(50(6)62(56-22-13-10-14-23-56)46-33-48(4)49(5)64-31-21-32-66-65-30-20-19-29-63(65)51(7)67(64)66)57-40-38-54(39-41-57)52-34-36-53(37-35-52)55-42-44-60(45-43-55)68(47(2)3,58-24-15-11-16-25-58)59-26-17-12-18-27-59/h10-32,34-45,51H,2,8-9,33,46H2,1,3-7H3/b49-48?,61-28+,62-50?. The number of hydrogen-bond acceptors (Lipinski definition) is 0. The molecule has 0 fully saturated rings. The van der Waals surface area contributed by atoms with Gasteiger partial charge in [-0.05, 0) is 147 Å². The molecule has 0 saturated carbocycles. The van der Waals surface area contributed by atoms with E-state index < -0.39 is 5.41 Å². The van der Waals surface area contributed by atoms with Crippen LogP contribution in [0.15, 0.2) is 236 Å². The summed E-state index contributed by atoms with van der Waals surface area (Å²) in [7, 11) is 0. The number of allylic oxidation sites excluding steroid dienone is 7. The van der Waals surface area contributed by atoms with Crippen molar-refractivity contribution in [2.24, 2.45) is 0 Å². The summed E-state index contributed by atoms with van der Waals surface area (Å²) < 4.78 is 0. The van der Waals surface area contributed by atoms with Gasteiger partial charge < -0.3 is 0 Å². The molecule has 68 heavy (non-hydrogen) atoms. The molecule has 0 aromatic heterocycles. The van der Waals surface area contributed by atoms with E-state index in [2.05, 4.69) is 260 Å². The number of benzene rings is 8. The fraction of sp³-hybridized carbons (Fsp3) is 0.176. The number of unbranched alkanes of at least 4 members (excludes halogenated alkanes) is 1. The average molecular weight is 881 g/mol. The first-order valence-corrected chi connectivity index (χ1v) is 24.6. The zero-order valence-electron chi connectivity index (χ0n) is 40.8. The van der Waals surface area contributed by atoms with E-state index in [0.29, 0.717) is 5.92 Å². The third-order valence-corrected chi connectivity index (χ3v) is 14.8. The molecule has 0 heterocycles. The molecule has 0 radical (unpaired) electrons. The smallest absolute Gasteiger partial charge is 0.0656 e. The second-order valence-electron chi connectivity index (χ2n) is 18.9. The van der Waals surface area contributed by atoms with Crippen molar-refractivity contribution in [2.75, 3.05) is 0 Å². The Balaban J connectivity index is 0.972. The molecule has 1 aliphatic carbocycles. The summed E-state index contributed by atoms with van der Waals surface area (Å²) in [6, 6.07) is 75.8. The van der Waals surface area contributed by atoms with Crippen LogP contribution in [0.5, 0.6) is 0 Å². The van der Waals surface area contributed by atoms with Gasteiger partial charge in [0.2, 0.25) is 0 Å². The third kappa shape index (κ3) is 8.85. The van der Waals surface area contributed by atoms with Crippen molar-refractivity contribution in [1.82, 2.24) is 0 Å². The lowest BCUT2D eigenvalue weighted by Crippen LogP contribution is -2.30. The van der Waals surface area contributed by atoms with Crippen molar-refractivity contribution in [1.29, 1.82) is 0 Å². The van der Waals surface area contributed by atoms with Crippen LogP contribution in [0.2, 0.25) is 0 Å². The second-order valence-corrected chi connectivity index (χ2v) is 18.9. The molecule has 1 atom stereocenters. The second kappa shape index (κ2) is 20.3. The average Bonchev–Trinajstić information content (AvgIpc) is 3.69. The summed E-state index contributed by atoms with van der Waals surface area (Å²) in [6.07, 6.45) is 6.56. The van der Waals surface area contributed by atoms with Crippen LogP contribution in [0.3, 0.4) is 0 Å². The fourth-order valence-electron chi connectivity index (χ4n) is 11.0. The number of rotatable bonds is 15. The van der Waals surface area contributed by atoms with Crippen molar-refractivity contribution in [3.63, 3.8) is 0 Å². The molecule has 0 heteroatoms. The Labute approximate surface area is 406 Å². The predicted molar refractivity (Wildman–Crippen MR) is 294 cm³/mol. The van der Waals surface area contributed by atoms with Crippen molar-refractivity contribution < 1.29 is 0 Å². The van der Waals surface area contributed by atoms with E-state index >= 15 is 0 Å². The molecule has 8 aromatic carbocycles. The lowest BCUT2D eigenvalue weighted by Gasteiger charge is -2.37. The SMILES string of the molecule is C=C(C)C(c1ccccc1)(c1ccccc1)c1ccc(-c2ccc(-c3ccc(/C(=C/CCC)C(C)=C(CCC(C)=C(C)c4cccc5c4C(C)c4ccccc4-5)c4ccccc4)cc3)cc2)cc1. The topological polar surface area (TPSA) is 0 Å². The van der Waals surface area contributed by atoms with Gasteiger partial charge in [-0.2, -0.15) is 0 Å². The van der Waals surface area contributed by atoms with Gasteiger partial charge in [0, 0.05) is 5.92 Å². The maximum atomic E-state index is 4.57. The maximum absolute atomic E-state index is 4.57. The minimum Gasteiger partial charge on any atom is -0.0986 e. The van der Waals surface area contributed by atoms with Crippen LogP contribution in [-0.4, -0.2) is 0 Å². The van der Waals surface area contributed by atoms with Crippen LogP contribution in [0.25, 0.3) is 50.1 Å². The fourth-order valence-corrected chi connectivity index (χ4v) is 11.0. The maximum Gasteiger partial charge on any atom is 0.0656 e. The molecule has 0 aliphatic heterocycles. The van der Waals surface area contributed by atoms with Gasteiger partial charge in [0.1, 0.15) is 0 Å². The summed E-state index contributed by atoms with van der Waals surface area (Å²) >= 11 is 0. The highest BCUT2D eigenvalue weighted by molar-refractivity contribution is 5.90. The monoisotopic (exact) mass is 881 g/mol. The van der Waals surface area contributed by atoms with E-state index in [4.69, 9.17) is 0 Å². The largest absolute Gasteiger partial charge is 0.0986 e. The molecule has 336 valence electrons. The first-order chi connectivity index (χ1) is 33.2. The summed E-state index contributed by atoms with van der Waals surface area (Å²) in [5, 5.41) is 0. The van der Waals surface area contributed by atoms with Gasteiger partial charge in [0.25, 0.3) is 0 Å². The van der Waals surface area contributed by atoms with Crippen LogP contribution in [-0.2, 0) is 5.41 Å². The van der Waals surface area contributed by atoms with E-state index in [1.54, 1.807) is 0 Å². The van der Waals surface area contributed by atoms with E-state index in [0.717, 1.165) is 31.3 Å². The number of fused-ring (bicyclic) bond motifs is 3. The van der Waals surface area contributed by atoms with Crippen molar-refractivity contribution in [3.05, 3.63) is 280 Å². The first kappa shape index (κ1) is 45.9. The molecule has 9 rings (SSSR count). The summed E-state index contributed by atoms with van der Waals surface area (Å²) in [5.41, 5.74) is 25.7. The molecular weight excluding hydrogens is 817 g/mol. The van der Waals surface area contributed by atoms with E-state index in [9.17, 15) is 0 Å². The van der Waals surface area contributed by atoms with Gasteiger partial charge in [-0.3, -0.25) is 0 Å². The van der Waals surface area contributed by atoms with Gasteiger partial charge >= 0.3 is 0 Å². The Morgan fingerprint density at radius 1 is 0.500 bits per heavy atom. The van der Waals surface area contributed by atoms with Gasteiger partial charge in [0.05, 0.1) is 5.41 Å². The van der Waals surface area contributed by atoms with Crippen LogP contribution in [0.1, 0.15) is 118 Å². The molecule has 0 saturated heterocycles. The number of hydrogen-bond donors (Lipinski definition) is 0. The highest BCUT2D eigenvalue weighted by Crippen LogP contribution is 2.48. The van der Waals surface area contributed by atoms with Crippen molar-refractivity contribution >= 4 is 16.7 Å². The van der Waals surface area contributed by atoms with E-state index in [1.165, 1.54) is 106 Å². The summed E-state index contributed by atoms with van der Waals surface area (Å²) in [4.78, 5) is 0. The van der Waals surface area contributed by atoms with E-state index in [-0.39, 0.29) is 0 Å². The van der Waals surface area contributed by atoms with Crippen LogP contribution < -0.4 is 0 Å². The zero-order valence-corrected chi connectivity index (χ0v) is 40.8. The first-order valence-electron chi connectivity index (χ1n) is 24.6. The Kier molecular flexibility index (Phi) is 13.7. The van der Waals surface area contributed by atoms with Crippen molar-refractivity contribution in [3.8, 4) is 33.4 Å². The minimum absolute atomic E-state index is 0.387. The molecule has 0 amide bonds. The van der Waals surface area contributed by atoms with Crippen LogP contribution in [0.4, 0.5) is 0 Å². The molecule has 0 spiro atoms.